The van der Waals surface area contributed by atoms with Crippen LogP contribution in [-0.4, -0.2) is 41.9 Å². The van der Waals surface area contributed by atoms with Gasteiger partial charge < -0.3 is 9.80 Å². The van der Waals surface area contributed by atoms with Crippen molar-refractivity contribution >= 4 is 5.91 Å². The normalized spacial score (nSPS) is 20.3. The molecule has 3 rings (SSSR count). The summed E-state index contributed by atoms with van der Waals surface area (Å²) >= 11 is 0. The topological polar surface area (TPSA) is 23.6 Å². The monoisotopic (exact) mass is 286 g/mol. The van der Waals surface area contributed by atoms with Gasteiger partial charge in [-0.25, -0.2) is 0 Å². The van der Waals surface area contributed by atoms with E-state index in [1.54, 1.807) is 0 Å². The lowest BCUT2D eigenvalue weighted by Gasteiger charge is -2.32. The standard InChI is InChI=1S/C18H26N2O/c1-15-6-10-19(11-7-15)12-9-18(21)20-13-8-16-4-2-3-5-17(16)14-20/h2-5,15H,6-14H2,1H3. The fraction of sp³-hybridized carbons (Fsp3) is 0.611. The first-order valence-electron chi connectivity index (χ1n) is 8.29. The quantitative estimate of drug-likeness (QED) is 0.853. The number of fused-ring (bicyclic) bond motifs is 1. The lowest BCUT2D eigenvalue weighted by molar-refractivity contribution is -0.132. The molecular weight excluding hydrogens is 260 g/mol. The third-order valence-corrected chi connectivity index (χ3v) is 5.00. The Hall–Kier alpha value is -1.35. The Morgan fingerprint density at radius 2 is 1.86 bits per heavy atom. The summed E-state index contributed by atoms with van der Waals surface area (Å²) < 4.78 is 0. The smallest absolute Gasteiger partial charge is 0.224 e. The van der Waals surface area contributed by atoms with Crippen molar-refractivity contribution in [3.05, 3.63) is 35.4 Å². The first kappa shape index (κ1) is 14.6. The molecule has 2 aliphatic heterocycles. The zero-order valence-electron chi connectivity index (χ0n) is 13.1. The molecule has 1 aromatic rings. The zero-order valence-corrected chi connectivity index (χ0v) is 13.1. The van der Waals surface area contributed by atoms with Gasteiger partial charge in [-0.3, -0.25) is 4.79 Å². The van der Waals surface area contributed by atoms with Crippen molar-refractivity contribution in [3.8, 4) is 0 Å². The molecule has 2 heterocycles. The van der Waals surface area contributed by atoms with Gasteiger partial charge in [0.25, 0.3) is 0 Å². The highest BCUT2D eigenvalue weighted by Crippen LogP contribution is 2.20. The molecule has 114 valence electrons. The predicted octanol–water partition coefficient (Wildman–Crippen LogP) is 2.69. The van der Waals surface area contributed by atoms with Gasteiger partial charge in [0, 0.05) is 26.1 Å². The first-order chi connectivity index (χ1) is 10.2. The van der Waals surface area contributed by atoms with Crippen LogP contribution in [0, 0.1) is 5.92 Å². The molecule has 0 bridgehead atoms. The molecule has 0 unspecified atom stereocenters. The third kappa shape index (κ3) is 3.65. The molecule has 0 aromatic heterocycles. The number of amides is 1. The first-order valence-corrected chi connectivity index (χ1v) is 8.29. The number of benzene rings is 1. The molecular formula is C18H26N2O. The Labute approximate surface area is 127 Å². The van der Waals surface area contributed by atoms with Crippen molar-refractivity contribution in [2.75, 3.05) is 26.2 Å². The van der Waals surface area contributed by atoms with Gasteiger partial charge in [-0.1, -0.05) is 31.2 Å². The maximum Gasteiger partial charge on any atom is 0.224 e. The van der Waals surface area contributed by atoms with E-state index in [9.17, 15) is 4.79 Å². The highest BCUT2D eigenvalue weighted by Gasteiger charge is 2.21. The predicted molar refractivity (Wildman–Crippen MR) is 85.0 cm³/mol. The van der Waals surface area contributed by atoms with Gasteiger partial charge in [0.15, 0.2) is 0 Å². The van der Waals surface area contributed by atoms with Crippen molar-refractivity contribution in [3.63, 3.8) is 0 Å². The molecule has 0 aliphatic carbocycles. The van der Waals surface area contributed by atoms with E-state index in [0.717, 1.165) is 45.1 Å². The maximum absolute atomic E-state index is 12.4. The molecule has 2 aliphatic rings. The van der Waals surface area contributed by atoms with Crippen molar-refractivity contribution < 1.29 is 4.79 Å². The molecule has 1 fully saturated rings. The van der Waals surface area contributed by atoms with E-state index >= 15 is 0 Å². The molecule has 1 saturated heterocycles. The van der Waals surface area contributed by atoms with E-state index < -0.39 is 0 Å². The highest BCUT2D eigenvalue weighted by atomic mass is 16.2. The van der Waals surface area contributed by atoms with Crippen LogP contribution in [0.1, 0.15) is 37.3 Å². The van der Waals surface area contributed by atoms with Crippen LogP contribution in [-0.2, 0) is 17.8 Å². The number of hydrogen-bond acceptors (Lipinski definition) is 2. The van der Waals surface area contributed by atoms with Gasteiger partial charge in [-0.05, 0) is 49.4 Å². The zero-order chi connectivity index (χ0) is 14.7. The number of likely N-dealkylation sites (tertiary alicyclic amines) is 1. The van der Waals surface area contributed by atoms with E-state index in [0.29, 0.717) is 12.3 Å². The molecule has 1 aromatic carbocycles. The van der Waals surface area contributed by atoms with Gasteiger partial charge in [-0.15, -0.1) is 0 Å². The number of carbonyl (C=O) groups is 1. The van der Waals surface area contributed by atoms with Crippen LogP contribution >= 0.6 is 0 Å². The average molecular weight is 286 g/mol. The summed E-state index contributed by atoms with van der Waals surface area (Å²) in [6.45, 7) is 7.27. The fourth-order valence-electron chi connectivity index (χ4n) is 3.41. The van der Waals surface area contributed by atoms with E-state index in [1.807, 2.05) is 4.90 Å². The minimum Gasteiger partial charge on any atom is -0.338 e. The van der Waals surface area contributed by atoms with Crippen molar-refractivity contribution in [1.82, 2.24) is 9.80 Å². The van der Waals surface area contributed by atoms with Crippen LogP contribution < -0.4 is 0 Å². The van der Waals surface area contributed by atoms with Gasteiger partial charge in [0.1, 0.15) is 0 Å². The largest absolute Gasteiger partial charge is 0.338 e. The fourth-order valence-corrected chi connectivity index (χ4v) is 3.41. The maximum atomic E-state index is 12.4. The minimum atomic E-state index is 0.322. The van der Waals surface area contributed by atoms with Gasteiger partial charge >= 0.3 is 0 Å². The lowest BCUT2D eigenvalue weighted by atomic mass is 9.98. The van der Waals surface area contributed by atoms with E-state index in [-0.39, 0.29) is 0 Å². The van der Waals surface area contributed by atoms with E-state index in [4.69, 9.17) is 0 Å². The summed E-state index contributed by atoms with van der Waals surface area (Å²) in [5.74, 6) is 1.18. The van der Waals surface area contributed by atoms with Crippen molar-refractivity contribution in [2.45, 2.75) is 39.2 Å². The molecule has 3 nitrogen and oxygen atoms in total. The summed E-state index contributed by atoms with van der Waals surface area (Å²) in [4.78, 5) is 16.9. The number of carbonyl (C=O) groups excluding carboxylic acids is 1. The van der Waals surface area contributed by atoms with Crippen LogP contribution in [0.2, 0.25) is 0 Å². The summed E-state index contributed by atoms with van der Waals surface area (Å²) in [6.07, 6.45) is 4.25. The second-order valence-corrected chi connectivity index (χ2v) is 6.61. The van der Waals surface area contributed by atoms with Crippen molar-refractivity contribution in [2.24, 2.45) is 5.92 Å². The van der Waals surface area contributed by atoms with E-state index in [2.05, 4.69) is 36.1 Å². The molecule has 3 heteroatoms. The molecule has 0 radical (unpaired) electrons. The van der Waals surface area contributed by atoms with E-state index in [1.165, 1.54) is 24.0 Å². The van der Waals surface area contributed by atoms with Gasteiger partial charge in [0.2, 0.25) is 5.91 Å². The van der Waals surface area contributed by atoms with Crippen LogP contribution in [0.3, 0.4) is 0 Å². The van der Waals surface area contributed by atoms with Gasteiger partial charge in [0.05, 0.1) is 0 Å². The molecule has 1 amide bonds. The Kier molecular flexibility index (Phi) is 4.59. The molecule has 21 heavy (non-hydrogen) atoms. The second-order valence-electron chi connectivity index (χ2n) is 6.61. The summed E-state index contributed by atoms with van der Waals surface area (Å²) in [5.41, 5.74) is 2.73. The summed E-state index contributed by atoms with van der Waals surface area (Å²) in [5, 5.41) is 0. The van der Waals surface area contributed by atoms with Crippen LogP contribution in [0.15, 0.2) is 24.3 Å². The molecule has 0 N–H and O–H groups in total. The average Bonchev–Trinajstić information content (AvgIpc) is 2.53. The SMILES string of the molecule is CC1CCN(CCC(=O)N2CCc3ccccc3C2)CC1. The lowest BCUT2D eigenvalue weighted by Crippen LogP contribution is -2.39. The Morgan fingerprint density at radius 1 is 1.14 bits per heavy atom. The number of piperidine rings is 1. The molecule has 0 saturated carbocycles. The molecule has 0 spiro atoms. The minimum absolute atomic E-state index is 0.322. The van der Waals surface area contributed by atoms with Crippen LogP contribution in [0.25, 0.3) is 0 Å². The Morgan fingerprint density at radius 3 is 2.62 bits per heavy atom. The number of hydrogen-bond donors (Lipinski definition) is 0. The highest BCUT2D eigenvalue weighted by molar-refractivity contribution is 5.76. The van der Waals surface area contributed by atoms with Crippen LogP contribution in [0.5, 0.6) is 0 Å². The summed E-state index contributed by atoms with van der Waals surface area (Å²) in [6, 6.07) is 8.50. The van der Waals surface area contributed by atoms with Crippen LogP contribution in [0.4, 0.5) is 0 Å². The second kappa shape index (κ2) is 6.61. The molecule has 0 atom stereocenters. The summed E-state index contributed by atoms with van der Waals surface area (Å²) in [7, 11) is 0. The number of rotatable bonds is 3. The van der Waals surface area contributed by atoms with Gasteiger partial charge in [-0.2, -0.15) is 0 Å². The Balaban J connectivity index is 1.48. The third-order valence-electron chi connectivity index (χ3n) is 5.00. The van der Waals surface area contributed by atoms with Crippen molar-refractivity contribution in [1.29, 1.82) is 0 Å². The Bertz CT molecular complexity index is 492. The number of nitrogens with zero attached hydrogens (tertiary/aromatic N) is 2.